The SMILES string of the molecule is CC1(CN)CCN(c2cnc3c(N4CCCc5cc(C#N)ccc54)n[nH]c3n2)CC1. The molecule has 1 fully saturated rings. The van der Waals surface area contributed by atoms with E-state index in [0.29, 0.717) is 11.2 Å². The van der Waals surface area contributed by atoms with E-state index in [1.54, 1.807) is 0 Å². The minimum absolute atomic E-state index is 0.224. The molecule has 1 aromatic carbocycles. The van der Waals surface area contributed by atoms with E-state index in [2.05, 4.69) is 33.0 Å². The highest BCUT2D eigenvalue weighted by molar-refractivity contribution is 5.87. The monoisotopic (exact) mass is 402 g/mol. The van der Waals surface area contributed by atoms with Crippen LogP contribution >= 0.6 is 0 Å². The van der Waals surface area contributed by atoms with Gasteiger partial charge in [-0.25, -0.2) is 9.97 Å². The Hall–Kier alpha value is -3.18. The molecule has 0 radical (unpaired) electrons. The van der Waals surface area contributed by atoms with Gasteiger partial charge in [0.1, 0.15) is 5.82 Å². The van der Waals surface area contributed by atoms with Gasteiger partial charge in [-0.3, -0.25) is 5.10 Å². The third-order valence-corrected chi connectivity index (χ3v) is 6.61. The third-order valence-electron chi connectivity index (χ3n) is 6.61. The van der Waals surface area contributed by atoms with Crippen LogP contribution in [0.15, 0.2) is 24.4 Å². The Morgan fingerprint density at radius 2 is 2.10 bits per heavy atom. The van der Waals surface area contributed by atoms with Crippen molar-refractivity contribution in [1.29, 1.82) is 5.26 Å². The molecule has 3 aromatic rings. The molecule has 5 rings (SSSR count). The number of aryl methyl sites for hydroxylation is 1. The molecule has 0 spiro atoms. The summed E-state index contributed by atoms with van der Waals surface area (Å²) in [5, 5.41) is 16.8. The quantitative estimate of drug-likeness (QED) is 0.693. The van der Waals surface area contributed by atoms with Gasteiger partial charge in [0.15, 0.2) is 17.0 Å². The van der Waals surface area contributed by atoms with Crippen LogP contribution in [-0.4, -0.2) is 46.3 Å². The highest BCUT2D eigenvalue weighted by Gasteiger charge is 2.30. The number of H-pyrrole nitrogens is 1. The molecule has 0 aliphatic carbocycles. The van der Waals surface area contributed by atoms with Gasteiger partial charge in [0.2, 0.25) is 0 Å². The second-order valence-electron chi connectivity index (χ2n) is 8.68. The van der Waals surface area contributed by atoms with Crippen LogP contribution in [-0.2, 0) is 6.42 Å². The zero-order valence-electron chi connectivity index (χ0n) is 17.2. The Balaban J connectivity index is 1.44. The molecule has 2 aromatic heterocycles. The lowest BCUT2D eigenvalue weighted by molar-refractivity contribution is 0.258. The van der Waals surface area contributed by atoms with Crippen LogP contribution in [0.4, 0.5) is 17.3 Å². The van der Waals surface area contributed by atoms with Gasteiger partial charge in [-0.1, -0.05) is 6.92 Å². The second kappa shape index (κ2) is 7.26. The molecule has 3 N–H and O–H groups in total. The van der Waals surface area contributed by atoms with E-state index in [9.17, 15) is 5.26 Å². The maximum absolute atomic E-state index is 9.20. The number of anilines is 3. The number of piperidine rings is 1. The van der Waals surface area contributed by atoms with Gasteiger partial charge in [-0.15, -0.1) is 0 Å². The minimum atomic E-state index is 0.224. The first kappa shape index (κ1) is 18.8. The molecule has 8 nitrogen and oxygen atoms in total. The van der Waals surface area contributed by atoms with Crippen molar-refractivity contribution in [2.45, 2.75) is 32.6 Å². The molecule has 1 saturated heterocycles. The normalized spacial score (nSPS) is 18.3. The first-order valence-electron chi connectivity index (χ1n) is 10.6. The summed E-state index contributed by atoms with van der Waals surface area (Å²) in [6.45, 7) is 5.73. The molecule has 0 bridgehead atoms. The van der Waals surface area contributed by atoms with Crippen molar-refractivity contribution in [2.75, 3.05) is 36.0 Å². The van der Waals surface area contributed by atoms with Crippen molar-refractivity contribution in [2.24, 2.45) is 11.1 Å². The van der Waals surface area contributed by atoms with E-state index >= 15 is 0 Å². The van der Waals surface area contributed by atoms with Crippen molar-refractivity contribution in [3.63, 3.8) is 0 Å². The number of aromatic amines is 1. The molecule has 2 aliphatic rings. The van der Waals surface area contributed by atoms with Gasteiger partial charge in [-0.2, -0.15) is 10.4 Å². The number of hydrogen-bond donors (Lipinski definition) is 2. The van der Waals surface area contributed by atoms with E-state index in [-0.39, 0.29) is 5.41 Å². The van der Waals surface area contributed by atoms with Gasteiger partial charge in [-0.05, 0) is 61.4 Å². The fourth-order valence-corrected chi connectivity index (χ4v) is 4.49. The number of hydrogen-bond acceptors (Lipinski definition) is 7. The Kier molecular flexibility index (Phi) is 4.55. The molecule has 0 amide bonds. The van der Waals surface area contributed by atoms with Crippen LogP contribution in [0.3, 0.4) is 0 Å². The average Bonchev–Trinajstić information content (AvgIpc) is 3.22. The molecule has 0 atom stereocenters. The van der Waals surface area contributed by atoms with Crippen molar-refractivity contribution in [1.82, 2.24) is 20.2 Å². The summed E-state index contributed by atoms with van der Waals surface area (Å²) < 4.78 is 0. The molecule has 30 heavy (non-hydrogen) atoms. The molecule has 4 heterocycles. The fourth-order valence-electron chi connectivity index (χ4n) is 4.49. The number of aromatic nitrogens is 4. The fraction of sp³-hybridized carbons (Fsp3) is 0.455. The zero-order valence-corrected chi connectivity index (χ0v) is 17.2. The summed E-state index contributed by atoms with van der Waals surface area (Å²) in [7, 11) is 0. The van der Waals surface area contributed by atoms with E-state index in [1.165, 1.54) is 5.56 Å². The predicted molar refractivity (Wildman–Crippen MR) is 117 cm³/mol. The standard InChI is InChI=1S/C22H26N8/c1-22(14-24)6-9-29(10-7-22)18-13-25-19-20(26-18)27-28-21(19)30-8-2-3-16-11-15(12-23)4-5-17(16)30/h4-5,11,13H,2-3,6-10,14,24H2,1H3,(H,26,27,28). The number of nitrogens with one attached hydrogen (secondary N) is 1. The minimum Gasteiger partial charge on any atom is -0.355 e. The Bertz CT molecular complexity index is 1120. The topological polar surface area (TPSA) is 111 Å². The second-order valence-corrected chi connectivity index (χ2v) is 8.68. The number of fused-ring (bicyclic) bond motifs is 2. The molecule has 0 unspecified atom stereocenters. The number of nitrogens with two attached hydrogens (primary N) is 1. The van der Waals surface area contributed by atoms with Crippen LogP contribution in [0.25, 0.3) is 11.2 Å². The van der Waals surface area contributed by atoms with E-state index in [1.807, 2.05) is 24.4 Å². The number of rotatable bonds is 3. The van der Waals surface area contributed by atoms with Crippen LogP contribution in [0, 0.1) is 16.7 Å². The first-order valence-corrected chi connectivity index (χ1v) is 10.6. The third kappa shape index (κ3) is 3.15. The summed E-state index contributed by atoms with van der Waals surface area (Å²) in [5.41, 5.74) is 10.6. The molecule has 0 saturated carbocycles. The van der Waals surface area contributed by atoms with Gasteiger partial charge in [0.25, 0.3) is 0 Å². The van der Waals surface area contributed by atoms with Crippen molar-refractivity contribution >= 4 is 28.5 Å². The largest absolute Gasteiger partial charge is 0.355 e. The summed E-state index contributed by atoms with van der Waals surface area (Å²) in [6, 6.07) is 8.08. The lowest BCUT2D eigenvalue weighted by Gasteiger charge is -2.39. The van der Waals surface area contributed by atoms with Crippen LogP contribution in [0.5, 0.6) is 0 Å². The Labute approximate surface area is 175 Å². The van der Waals surface area contributed by atoms with Crippen molar-refractivity contribution in [3.05, 3.63) is 35.5 Å². The summed E-state index contributed by atoms with van der Waals surface area (Å²) in [5.74, 6) is 1.68. The van der Waals surface area contributed by atoms with Crippen LogP contribution < -0.4 is 15.5 Å². The van der Waals surface area contributed by atoms with E-state index in [4.69, 9.17) is 15.7 Å². The summed E-state index contributed by atoms with van der Waals surface area (Å²) >= 11 is 0. The summed E-state index contributed by atoms with van der Waals surface area (Å²) in [4.78, 5) is 14.0. The highest BCUT2D eigenvalue weighted by atomic mass is 15.3. The Morgan fingerprint density at radius 3 is 2.87 bits per heavy atom. The number of benzene rings is 1. The van der Waals surface area contributed by atoms with Gasteiger partial charge in [0.05, 0.1) is 17.8 Å². The van der Waals surface area contributed by atoms with Crippen molar-refractivity contribution in [3.8, 4) is 6.07 Å². The molecule has 154 valence electrons. The molecule has 8 heteroatoms. The molecule has 2 aliphatic heterocycles. The smallest absolute Gasteiger partial charge is 0.183 e. The lowest BCUT2D eigenvalue weighted by atomic mass is 9.80. The maximum Gasteiger partial charge on any atom is 0.183 e. The number of nitriles is 1. The van der Waals surface area contributed by atoms with Crippen LogP contribution in [0.2, 0.25) is 0 Å². The van der Waals surface area contributed by atoms with Gasteiger partial charge in [0, 0.05) is 25.3 Å². The first-order chi connectivity index (χ1) is 14.6. The zero-order chi connectivity index (χ0) is 20.7. The van der Waals surface area contributed by atoms with Crippen LogP contribution in [0.1, 0.15) is 37.3 Å². The van der Waals surface area contributed by atoms with Gasteiger partial charge >= 0.3 is 0 Å². The molecular formula is C22H26N8. The average molecular weight is 403 g/mol. The highest BCUT2D eigenvalue weighted by Crippen LogP contribution is 2.36. The summed E-state index contributed by atoms with van der Waals surface area (Å²) in [6.07, 6.45) is 5.96. The van der Waals surface area contributed by atoms with E-state index < -0.39 is 0 Å². The lowest BCUT2D eigenvalue weighted by Crippen LogP contribution is -2.42. The number of nitrogens with zero attached hydrogens (tertiary/aromatic N) is 6. The molecular weight excluding hydrogens is 376 g/mol. The van der Waals surface area contributed by atoms with Gasteiger partial charge < -0.3 is 15.5 Å². The van der Waals surface area contributed by atoms with Crippen molar-refractivity contribution < 1.29 is 0 Å². The Morgan fingerprint density at radius 1 is 1.27 bits per heavy atom. The predicted octanol–water partition coefficient (Wildman–Crippen LogP) is 2.87. The van der Waals surface area contributed by atoms with E-state index in [0.717, 1.165) is 74.7 Å². The maximum atomic E-state index is 9.20.